The lowest BCUT2D eigenvalue weighted by molar-refractivity contribution is 1.20. The fourth-order valence-electron chi connectivity index (χ4n) is 0.802. The van der Waals surface area contributed by atoms with E-state index in [0.29, 0.717) is 0 Å². The van der Waals surface area contributed by atoms with E-state index in [1.807, 2.05) is 30.3 Å². The Balaban J connectivity index is 2.85. The van der Waals surface area contributed by atoms with Crippen molar-refractivity contribution in [1.29, 1.82) is 5.41 Å². The van der Waals surface area contributed by atoms with Gasteiger partial charge < -0.3 is 5.73 Å². The molecule has 11 heavy (non-hydrogen) atoms. The summed E-state index contributed by atoms with van der Waals surface area (Å²) in [5.74, 6) is -0.0159. The highest BCUT2D eigenvalue weighted by Crippen LogP contribution is 2.18. The number of hydrogen-bond donors (Lipinski definition) is 2. The lowest BCUT2D eigenvalue weighted by atomic mass is 10.1. The lowest BCUT2D eigenvalue weighted by Gasteiger charge is -2.05. The fourth-order valence-corrected chi connectivity index (χ4v) is 0.947. The molecule has 3 heteroatoms. The molecule has 0 spiro atoms. The summed E-state index contributed by atoms with van der Waals surface area (Å²) in [5.41, 5.74) is 6.08. The zero-order chi connectivity index (χ0) is 8.27. The molecule has 0 heterocycles. The minimum atomic E-state index is -0.490. The van der Waals surface area contributed by atoms with Crippen molar-refractivity contribution in [2.45, 2.75) is 5.38 Å². The first kappa shape index (κ1) is 8.08. The number of nitrogens with one attached hydrogen (secondary N) is 1. The molecule has 0 aliphatic carbocycles. The second kappa shape index (κ2) is 3.39. The van der Waals surface area contributed by atoms with E-state index < -0.39 is 5.38 Å². The molecule has 0 fully saturated rings. The minimum absolute atomic E-state index is 0.0159. The molecule has 58 valence electrons. The maximum atomic E-state index is 7.08. The Kier molecular flexibility index (Phi) is 2.49. The van der Waals surface area contributed by atoms with Crippen LogP contribution in [0, 0.1) is 5.41 Å². The number of alkyl halides is 1. The van der Waals surface area contributed by atoms with Gasteiger partial charge in [0.1, 0.15) is 11.2 Å². The third-order valence-electron chi connectivity index (χ3n) is 1.37. The van der Waals surface area contributed by atoms with Crippen molar-refractivity contribution in [2.75, 3.05) is 0 Å². The van der Waals surface area contributed by atoms with Gasteiger partial charge in [-0.25, -0.2) is 0 Å². The third-order valence-corrected chi connectivity index (χ3v) is 1.85. The number of halogens is 1. The predicted octanol–water partition coefficient (Wildman–Crippen LogP) is 1.90. The van der Waals surface area contributed by atoms with Crippen LogP contribution < -0.4 is 5.73 Å². The van der Waals surface area contributed by atoms with Crippen LogP contribution in [0.25, 0.3) is 0 Å². The summed E-state index contributed by atoms with van der Waals surface area (Å²) in [5, 5.41) is 6.59. The van der Waals surface area contributed by atoms with Crippen molar-refractivity contribution in [3.05, 3.63) is 35.9 Å². The summed E-state index contributed by atoms with van der Waals surface area (Å²) in [4.78, 5) is 0. The first-order valence-corrected chi connectivity index (χ1v) is 3.68. The summed E-state index contributed by atoms with van der Waals surface area (Å²) in [6.07, 6.45) is 0. The molecule has 1 aromatic rings. The van der Waals surface area contributed by atoms with Crippen molar-refractivity contribution in [2.24, 2.45) is 5.73 Å². The summed E-state index contributed by atoms with van der Waals surface area (Å²) in [7, 11) is 0. The largest absolute Gasteiger partial charge is 0.386 e. The van der Waals surface area contributed by atoms with Crippen LogP contribution >= 0.6 is 11.6 Å². The minimum Gasteiger partial charge on any atom is -0.386 e. The average Bonchev–Trinajstić information content (AvgIpc) is 2.05. The molecule has 0 bridgehead atoms. The Hall–Kier alpha value is -1.02. The normalized spacial score (nSPS) is 12.5. The van der Waals surface area contributed by atoms with Crippen molar-refractivity contribution in [3.63, 3.8) is 0 Å². The molecule has 1 unspecified atom stereocenters. The van der Waals surface area contributed by atoms with Crippen LogP contribution in [-0.4, -0.2) is 5.84 Å². The standard InChI is InChI=1S/C8H9ClN2/c9-7(8(10)11)6-4-2-1-3-5-6/h1-5,7H,(H3,10,11). The van der Waals surface area contributed by atoms with Gasteiger partial charge in [0.2, 0.25) is 0 Å². The molecule has 0 amide bonds. The molecule has 0 aliphatic rings. The van der Waals surface area contributed by atoms with Gasteiger partial charge in [0, 0.05) is 0 Å². The van der Waals surface area contributed by atoms with Gasteiger partial charge in [-0.05, 0) is 5.56 Å². The quantitative estimate of drug-likeness (QED) is 0.396. The molecule has 0 saturated carbocycles. The zero-order valence-electron chi connectivity index (χ0n) is 5.92. The molecule has 2 nitrogen and oxygen atoms in total. The van der Waals surface area contributed by atoms with Crippen molar-refractivity contribution in [3.8, 4) is 0 Å². The highest BCUT2D eigenvalue weighted by molar-refractivity contribution is 6.31. The molecular weight excluding hydrogens is 160 g/mol. The summed E-state index contributed by atoms with van der Waals surface area (Å²) < 4.78 is 0. The van der Waals surface area contributed by atoms with Gasteiger partial charge in [-0.2, -0.15) is 0 Å². The third kappa shape index (κ3) is 1.95. The molecule has 0 aromatic heterocycles. The zero-order valence-corrected chi connectivity index (χ0v) is 6.68. The Morgan fingerprint density at radius 2 is 1.91 bits per heavy atom. The van der Waals surface area contributed by atoms with Gasteiger partial charge in [-0.1, -0.05) is 30.3 Å². The van der Waals surface area contributed by atoms with Crippen LogP contribution in [-0.2, 0) is 0 Å². The Morgan fingerprint density at radius 3 is 2.36 bits per heavy atom. The second-order valence-electron chi connectivity index (χ2n) is 2.23. The van der Waals surface area contributed by atoms with E-state index in [2.05, 4.69) is 0 Å². The van der Waals surface area contributed by atoms with E-state index >= 15 is 0 Å². The maximum Gasteiger partial charge on any atom is 0.115 e. The van der Waals surface area contributed by atoms with Crippen LogP contribution in [0.4, 0.5) is 0 Å². The van der Waals surface area contributed by atoms with Gasteiger partial charge in [0.25, 0.3) is 0 Å². The number of nitrogens with two attached hydrogens (primary N) is 1. The molecular formula is C8H9ClN2. The smallest absolute Gasteiger partial charge is 0.115 e. The Bertz CT molecular complexity index is 246. The molecule has 1 rings (SSSR count). The topological polar surface area (TPSA) is 49.9 Å². The van der Waals surface area contributed by atoms with Crippen LogP contribution in [0.2, 0.25) is 0 Å². The van der Waals surface area contributed by atoms with E-state index in [9.17, 15) is 0 Å². The van der Waals surface area contributed by atoms with Gasteiger partial charge >= 0.3 is 0 Å². The van der Waals surface area contributed by atoms with E-state index in [-0.39, 0.29) is 5.84 Å². The first-order chi connectivity index (χ1) is 5.22. The molecule has 3 N–H and O–H groups in total. The van der Waals surface area contributed by atoms with E-state index in [1.165, 1.54) is 0 Å². The number of amidine groups is 1. The lowest BCUT2D eigenvalue weighted by Crippen LogP contribution is -2.15. The van der Waals surface area contributed by atoms with Crippen molar-refractivity contribution >= 4 is 17.4 Å². The van der Waals surface area contributed by atoms with Gasteiger partial charge in [0.05, 0.1) is 0 Å². The number of benzene rings is 1. The molecule has 0 aliphatic heterocycles. The van der Waals surface area contributed by atoms with E-state index in [1.54, 1.807) is 0 Å². The molecule has 0 saturated heterocycles. The first-order valence-electron chi connectivity index (χ1n) is 3.24. The monoisotopic (exact) mass is 168 g/mol. The number of hydrogen-bond acceptors (Lipinski definition) is 1. The second-order valence-corrected chi connectivity index (χ2v) is 2.67. The molecule has 1 atom stereocenters. The van der Waals surface area contributed by atoms with Crippen molar-refractivity contribution < 1.29 is 0 Å². The fraction of sp³-hybridized carbons (Fsp3) is 0.125. The highest BCUT2D eigenvalue weighted by atomic mass is 35.5. The van der Waals surface area contributed by atoms with Crippen LogP contribution in [0.1, 0.15) is 10.9 Å². The van der Waals surface area contributed by atoms with Gasteiger partial charge in [-0.15, -0.1) is 11.6 Å². The van der Waals surface area contributed by atoms with Crippen LogP contribution in [0.5, 0.6) is 0 Å². The predicted molar refractivity (Wildman–Crippen MR) is 47.0 cm³/mol. The van der Waals surface area contributed by atoms with E-state index in [0.717, 1.165) is 5.56 Å². The number of rotatable bonds is 2. The van der Waals surface area contributed by atoms with Crippen LogP contribution in [0.3, 0.4) is 0 Å². The molecule has 1 aromatic carbocycles. The average molecular weight is 169 g/mol. The molecule has 0 radical (unpaired) electrons. The summed E-state index contributed by atoms with van der Waals surface area (Å²) >= 11 is 5.79. The van der Waals surface area contributed by atoms with Crippen LogP contribution in [0.15, 0.2) is 30.3 Å². The van der Waals surface area contributed by atoms with Crippen molar-refractivity contribution in [1.82, 2.24) is 0 Å². The Labute approximate surface area is 70.5 Å². The SMILES string of the molecule is N=C(N)C(Cl)c1ccccc1. The van der Waals surface area contributed by atoms with Gasteiger partial charge in [-0.3, -0.25) is 5.41 Å². The maximum absolute atomic E-state index is 7.08. The van der Waals surface area contributed by atoms with E-state index in [4.69, 9.17) is 22.7 Å². The highest BCUT2D eigenvalue weighted by Gasteiger charge is 2.08. The van der Waals surface area contributed by atoms with Gasteiger partial charge in [0.15, 0.2) is 0 Å². The summed E-state index contributed by atoms with van der Waals surface area (Å²) in [6.45, 7) is 0. The summed E-state index contributed by atoms with van der Waals surface area (Å²) in [6, 6.07) is 9.33. The Morgan fingerprint density at radius 1 is 1.36 bits per heavy atom.